The maximum absolute atomic E-state index is 13.5. The minimum atomic E-state index is -0.765. The molecule has 0 radical (unpaired) electrons. The number of imide groups is 1. The summed E-state index contributed by atoms with van der Waals surface area (Å²) in [6.07, 6.45) is 3.12. The molecule has 0 saturated carbocycles. The van der Waals surface area contributed by atoms with Gasteiger partial charge in [-0.05, 0) is 62.9 Å². The number of aromatic nitrogens is 1. The zero-order valence-electron chi connectivity index (χ0n) is 20.1. The largest absolute Gasteiger partial charge is 0.378 e. The van der Waals surface area contributed by atoms with Crippen molar-refractivity contribution in [2.75, 3.05) is 38.6 Å². The van der Waals surface area contributed by atoms with Gasteiger partial charge < -0.3 is 10.2 Å². The molecule has 2 aliphatic rings. The number of nitrogens with one attached hydrogen (secondary N) is 1. The fraction of sp³-hybridized carbons (Fsp3) is 0.560. The molecule has 3 amide bonds. The van der Waals surface area contributed by atoms with Crippen LogP contribution in [0.1, 0.15) is 42.3 Å². The number of hydrogen-bond donors (Lipinski definition) is 1. The van der Waals surface area contributed by atoms with E-state index in [1.165, 1.54) is 16.2 Å². The Bertz CT molecular complexity index is 981. The number of carbonyl (C=O) groups is 2. The molecular formula is C25H35N5O2S. The maximum atomic E-state index is 13.5. The molecule has 2 fully saturated rings. The van der Waals surface area contributed by atoms with Crippen LogP contribution in [0.5, 0.6) is 0 Å². The lowest BCUT2D eigenvalue weighted by Gasteiger charge is -2.40. The number of anilines is 1. The Labute approximate surface area is 200 Å². The lowest BCUT2D eigenvalue weighted by atomic mass is 9.75. The van der Waals surface area contributed by atoms with E-state index in [1.807, 2.05) is 33.5 Å². The standard InChI is InChI=1S/C25H35N5O2S/c1-5-25(23(31)30(24(32)27-25)15-12-22-18(2)26-17-33-22)20-10-13-29(14-11-20)16-19-6-8-21(9-7-19)28(3)4/h6-9,17,20H,5,10-16H2,1-4H3,(H,27,32). The first kappa shape index (κ1) is 23.7. The molecule has 1 unspecified atom stereocenters. The van der Waals surface area contributed by atoms with E-state index in [2.05, 4.69) is 44.4 Å². The molecule has 0 aliphatic carbocycles. The van der Waals surface area contributed by atoms with Gasteiger partial charge in [0, 0.05) is 44.2 Å². The third-order valence-electron chi connectivity index (χ3n) is 7.31. The third-order valence-corrected chi connectivity index (χ3v) is 8.31. The van der Waals surface area contributed by atoms with Crippen molar-refractivity contribution in [2.45, 2.75) is 51.6 Å². The van der Waals surface area contributed by atoms with Crippen LogP contribution in [-0.4, -0.2) is 66.0 Å². The van der Waals surface area contributed by atoms with Crippen LogP contribution in [0, 0.1) is 12.8 Å². The minimum absolute atomic E-state index is 0.0464. The van der Waals surface area contributed by atoms with Crippen LogP contribution in [0.25, 0.3) is 0 Å². The molecule has 1 N–H and O–H groups in total. The predicted octanol–water partition coefficient (Wildman–Crippen LogP) is 3.67. The Balaban J connectivity index is 1.36. The number of likely N-dealkylation sites (tertiary alicyclic amines) is 1. The third kappa shape index (κ3) is 4.77. The molecule has 2 saturated heterocycles. The van der Waals surface area contributed by atoms with E-state index in [4.69, 9.17) is 0 Å². The van der Waals surface area contributed by atoms with Crippen LogP contribution in [0.4, 0.5) is 10.5 Å². The first-order chi connectivity index (χ1) is 15.8. The molecule has 1 atom stereocenters. The van der Waals surface area contributed by atoms with Gasteiger partial charge in [-0.1, -0.05) is 19.1 Å². The second-order valence-electron chi connectivity index (χ2n) is 9.43. The highest BCUT2D eigenvalue weighted by Crippen LogP contribution is 2.36. The second-order valence-corrected chi connectivity index (χ2v) is 10.4. The number of urea groups is 1. The van der Waals surface area contributed by atoms with E-state index in [9.17, 15) is 9.59 Å². The van der Waals surface area contributed by atoms with Crippen molar-refractivity contribution in [1.82, 2.24) is 20.1 Å². The van der Waals surface area contributed by atoms with E-state index in [-0.39, 0.29) is 17.9 Å². The number of rotatable bonds is 8. The van der Waals surface area contributed by atoms with E-state index < -0.39 is 5.54 Å². The molecule has 1 aromatic carbocycles. The molecule has 8 heteroatoms. The van der Waals surface area contributed by atoms with E-state index >= 15 is 0 Å². The lowest BCUT2D eigenvalue weighted by Crippen LogP contribution is -2.55. The van der Waals surface area contributed by atoms with Crippen molar-refractivity contribution < 1.29 is 9.59 Å². The highest BCUT2D eigenvalue weighted by Gasteiger charge is 2.54. The fourth-order valence-corrected chi connectivity index (χ4v) is 5.94. The number of carbonyl (C=O) groups excluding carboxylic acids is 2. The van der Waals surface area contributed by atoms with Crippen molar-refractivity contribution in [3.8, 4) is 0 Å². The molecule has 178 valence electrons. The number of nitrogens with zero attached hydrogens (tertiary/aromatic N) is 4. The van der Waals surface area contributed by atoms with Crippen LogP contribution in [-0.2, 0) is 17.8 Å². The first-order valence-corrected chi connectivity index (χ1v) is 12.7. The molecule has 4 rings (SSSR count). The molecule has 2 aliphatic heterocycles. The minimum Gasteiger partial charge on any atom is -0.378 e. The average molecular weight is 470 g/mol. The second kappa shape index (κ2) is 9.81. The van der Waals surface area contributed by atoms with Gasteiger partial charge in [-0.15, -0.1) is 11.3 Å². The molecule has 7 nitrogen and oxygen atoms in total. The van der Waals surface area contributed by atoms with E-state index in [0.717, 1.165) is 43.0 Å². The number of piperidine rings is 1. The normalized spacial score (nSPS) is 22.1. The van der Waals surface area contributed by atoms with Crippen LogP contribution in [0.2, 0.25) is 0 Å². The van der Waals surface area contributed by atoms with Crippen molar-refractivity contribution >= 4 is 29.0 Å². The van der Waals surface area contributed by atoms with Crippen LogP contribution < -0.4 is 10.2 Å². The van der Waals surface area contributed by atoms with Crippen molar-refractivity contribution in [2.24, 2.45) is 5.92 Å². The maximum Gasteiger partial charge on any atom is 0.325 e. The Morgan fingerprint density at radius 3 is 2.45 bits per heavy atom. The highest BCUT2D eigenvalue weighted by molar-refractivity contribution is 7.09. The number of thiazole rings is 1. The van der Waals surface area contributed by atoms with Gasteiger partial charge in [-0.25, -0.2) is 9.78 Å². The molecule has 3 heterocycles. The molecule has 33 heavy (non-hydrogen) atoms. The van der Waals surface area contributed by atoms with Gasteiger partial charge in [0.1, 0.15) is 5.54 Å². The topological polar surface area (TPSA) is 68.8 Å². The number of aryl methyl sites for hydroxylation is 1. The van der Waals surface area contributed by atoms with E-state index in [1.54, 1.807) is 11.3 Å². The Morgan fingerprint density at radius 2 is 1.88 bits per heavy atom. The molecule has 2 aromatic rings. The monoisotopic (exact) mass is 469 g/mol. The average Bonchev–Trinajstić information content (AvgIpc) is 3.33. The number of amides is 3. The van der Waals surface area contributed by atoms with Crippen molar-refractivity contribution in [1.29, 1.82) is 0 Å². The first-order valence-electron chi connectivity index (χ1n) is 11.9. The van der Waals surface area contributed by atoms with Crippen LogP contribution in [0.3, 0.4) is 0 Å². The van der Waals surface area contributed by atoms with Crippen molar-refractivity contribution in [3.63, 3.8) is 0 Å². The van der Waals surface area contributed by atoms with Gasteiger partial charge in [-0.3, -0.25) is 14.6 Å². The van der Waals surface area contributed by atoms with Gasteiger partial charge in [0.05, 0.1) is 11.2 Å². The van der Waals surface area contributed by atoms with Gasteiger partial charge in [0.15, 0.2) is 0 Å². The number of benzene rings is 1. The summed E-state index contributed by atoms with van der Waals surface area (Å²) < 4.78 is 0. The summed E-state index contributed by atoms with van der Waals surface area (Å²) >= 11 is 1.58. The quantitative estimate of drug-likeness (QED) is 0.598. The number of hydrogen-bond acceptors (Lipinski definition) is 6. The summed E-state index contributed by atoms with van der Waals surface area (Å²) in [5.41, 5.74) is 4.54. The Morgan fingerprint density at radius 1 is 1.18 bits per heavy atom. The van der Waals surface area contributed by atoms with Crippen LogP contribution in [0.15, 0.2) is 29.8 Å². The summed E-state index contributed by atoms with van der Waals surface area (Å²) in [6.45, 7) is 7.19. The van der Waals surface area contributed by atoms with Gasteiger partial charge in [0.25, 0.3) is 5.91 Å². The van der Waals surface area contributed by atoms with Gasteiger partial charge in [0.2, 0.25) is 0 Å². The van der Waals surface area contributed by atoms with Crippen molar-refractivity contribution in [3.05, 3.63) is 45.9 Å². The smallest absolute Gasteiger partial charge is 0.325 e. The SMILES string of the molecule is CCC1(C2CCN(Cc3ccc(N(C)C)cc3)CC2)NC(=O)N(CCc2scnc2C)C1=O. The molecular weight excluding hydrogens is 434 g/mol. The van der Waals surface area contributed by atoms with Gasteiger partial charge >= 0.3 is 6.03 Å². The zero-order chi connectivity index (χ0) is 23.6. The molecule has 0 spiro atoms. The summed E-state index contributed by atoms with van der Waals surface area (Å²) in [5, 5.41) is 3.11. The summed E-state index contributed by atoms with van der Waals surface area (Å²) in [4.78, 5) is 37.7. The predicted molar refractivity (Wildman–Crippen MR) is 133 cm³/mol. The molecule has 0 bridgehead atoms. The van der Waals surface area contributed by atoms with Crippen LogP contribution >= 0.6 is 11.3 Å². The molecule has 1 aromatic heterocycles. The summed E-state index contributed by atoms with van der Waals surface area (Å²) in [7, 11) is 4.10. The van der Waals surface area contributed by atoms with E-state index in [0.29, 0.717) is 19.4 Å². The summed E-state index contributed by atoms with van der Waals surface area (Å²) in [5.74, 6) is 0.122. The van der Waals surface area contributed by atoms with Gasteiger partial charge in [-0.2, -0.15) is 0 Å². The lowest BCUT2D eigenvalue weighted by molar-refractivity contribution is -0.134. The Hall–Kier alpha value is -2.45. The summed E-state index contributed by atoms with van der Waals surface area (Å²) in [6, 6.07) is 8.45. The fourth-order valence-electron chi connectivity index (χ4n) is 5.17. The zero-order valence-corrected chi connectivity index (χ0v) is 21.0. The Kier molecular flexibility index (Phi) is 7.05. The highest BCUT2D eigenvalue weighted by atomic mass is 32.1.